The second kappa shape index (κ2) is 6.49. The van der Waals surface area contributed by atoms with Crippen LogP contribution in [0.4, 0.5) is 18.9 Å². The van der Waals surface area contributed by atoms with Crippen molar-refractivity contribution in [3.63, 3.8) is 0 Å². The second-order valence-corrected chi connectivity index (χ2v) is 5.04. The molecule has 0 bridgehead atoms. The summed E-state index contributed by atoms with van der Waals surface area (Å²) < 4.78 is 44.9. The number of hydrogen-bond donors (Lipinski definition) is 1. The molecule has 5 nitrogen and oxygen atoms in total. The zero-order valence-corrected chi connectivity index (χ0v) is 13.1. The van der Waals surface area contributed by atoms with Crippen LogP contribution in [0.15, 0.2) is 23.2 Å². The number of nitrogens with two attached hydrogens (primary N) is 1. The molecule has 0 aliphatic carbocycles. The van der Waals surface area contributed by atoms with Gasteiger partial charge in [0, 0.05) is 12.6 Å². The lowest BCUT2D eigenvalue weighted by Gasteiger charge is -2.10. The van der Waals surface area contributed by atoms with Gasteiger partial charge in [0.25, 0.3) is 0 Å². The second-order valence-electron chi connectivity index (χ2n) is 4.63. The first-order chi connectivity index (χ1) is 10.8. The van der Waals surface area contributed by atoms with Crippen LogP contribution in [0, 0.1) is 6.92 Å². The Kier molecular flexibility index (Phi) is 4.84. The van der Waals surface area contributed by atoms with Crippen molar-refractivity contribution in [1.29, 1.82) is 0 Å². The van der Waals surface area contributed by atoms with E-state index in [0.29, 0.717) is 11.3 Å². The van der Waals surface area contributed by atoms with E-state index in [4.69, 9.17) is 22.1 Å². The Balaban J connectivity index is 2.39. The molecule has 23 heavy (non-hydrogen) atoms. The topological polar surface area (TPSA) is 65.4 Å². The summed E-state index contributed by atoms with van der Waals surface area (Å²) in [5.41, 5.74) is 5.48. The Morgan fingerprint density at radius 3 is 2.65 bits per heavy atom. The van der Waals surface area contributed by atoms with Gasteiger partial charge in [-0.05, 0) is 31.5 Å². The highest BCUT2D eigenvalue weighted by atomic mass is 35.5. The number of aliphatic imine (C=N–C) groups is 1. The van der Waals surface area contributed by atoms with Gasteiger partial charge in [0.1, 0.15) is 5.75 Å². The minimum Gasteiger partial charge on any atom is -0.438 e. The molecule has 124 valence electrons. The first-order valence-corrected chi connectivity index (χ1v) is 7.01. The molecule has 1 aromatic heterocycles. The monoisotopic (exact) mass is 346 g/mol. The lowest BCUT2D eigenvalue weighted by Crippen LogP contribution is -2.07. The zero-order chi connectivity index (χ0) is 17.2. The van der Waals surface area contributed by atoms with Crippen LogP contribution < -0.4 is 10.5 Å². The van der Waals surface area contributed by atoms with Gasteiger partial charge in [-0.1, -0.05) is 11.6 Å². The van der Waals surface area contributed by atoms with E-state index in [9.17, 15) is 13.2 Å². The van der Waals surface area contributed by atoms with E-state index in [-0.39, 0.29) is 23.2 Å². The summed E-state index contributed by atoms with van der Waals surface area (Å²) in [6, 6.07) is 3.93. The van der Waals surface area contributed by atoms with E-state index >= 15 is 0 Å². The molecule has 2 rings (SSSR count). The molecule has 0 saturated heterocycles. The predicted octanol–water partition coefficient (Wildman–Crippen LogP) is 4.29. The largest absolute Gasteiger partial charge is 0.438 e. The third-order valence-corrected chi connectivity index (χ3v) is 3.31. The fourth-order valence-corrected chi connectivity index (χ4v) is 2.10. The minimum atomic E-state index is -4.54. The normalized spacial score (nSPS) is 12.1. The summed E-state index contributed by atoms with van der Waals surface area (Å²) >= 11 is 6.09. The van der Waals surface area contributed by atoms with Crippen LogP contribution in [0.3, 0.4) is 0 Å². The first-order valence-electron chi connectivity index (χ1n) is 6.63. The summed E-state index contributed by atoms with van der Waals surface area (Å²) in [7, 11) is 0. The van der Waals surface area contributed by atoms with Crippen LogP contribution in [0.1, 0.15) is 18.2 Å². The van der Waals surface area contributed by atoms with Gasteiger partial charge < -0.3 is 10.5 Å². The van der Waals surface area contributed by atoms with E-state index < -0.39 is 11.9 Å². The van der Waals surface area contributed by atoms with Crippen LogP contribution in [0.5, 0.6) is 11.6 Å². The number of benzene rings is 1. The number of nitrogens with zero attached hydrogens (tertiary/aromatic N) is 3. The quantitative estimate of drug-likeness (QED) is 0.663. The van der Waals surface area contributed by atoms with Crippen molar-refractivity contribution in [3.8, 4) is 11.6 Å². The number of alkyl halides is 3. The Hall–Kier alpha value is -2.22. The Morgan fingerprint density at radius 2 is 2.09 bits per heavy atom. The first kappa shape index (κ1) is 17.1. The summed E-state index contributed by atoms with van der Waals surface area (Å²) in [6.45, 7) is 3.63. The lowest BCUT2D eigenvalue weighted by atomic mass is 10.2. The van der Waals surface area contributed by atoms with Gasteiger partial charge in [0.05, 0.1) is 17.0 Å². The minimum absolute atomic E-state index is 0.0452. The van der Waals surface area contributed by atoms with Crippen molar-refractivity contribution in [1.82, 2.24) is 9.78 Å². The van der Waals surface area contributed by atoms with Crippen molar-refractivity contribution in [2.45, 2.75) is 26.6 Å². The number of halogens is 4. The summed E-state index contributed by atoms with van der Waals surface area (Å²) in [6.07, 6.45) is -3.42. The van der Waals surface area contributed by atoms with Crippen LogP contribution in [-0.2, 0) is 12.7 Å². The van der Waals surface area contributed by atoms with E-state index in [1.54, 1.807) is 19.9 Å². The van der Waals surface area contributed by atoms with Crippen molar-refractivity contribution in [2.24, 2.45) is 10.7 Å². The number of ether oxygens (including phenoxy) is 1. The van der Waals surface area contributed by atoms with Gasteiger partial charge in [0.2, 0.25) is 5.88 Å². The third-order valence-electron chi connectivity index (χ3n) is 3.01. The number of aryl methyl sites for hydroxylation is 2. The molecule has 0 aliphatic heterocycles. The Labute approximate surface area is 135 Å². The molecule has 0 aliphatic rings. The van der Waals surface area contributed by atoms with Crippen LogP contribution >= 0.6 is 11.6 Å². The molecule has 0 atom stereocenters. The molecular weight excluding hydrogens is 333 g/mol. The van der Waals surface area contributed by atoms with Crippen molar-refractivity contribution in [2.75, 3.05) is 0 Å². The number of aromatic nitrogens is 2. The molecule has 0 unspecified atom stereocenters. The predicted molar refractivity (Wildman–Crippen MR) is 81.5 cm³/mol. The SMILES string of the molecule is CCn1nc(C(F)(F)F)cc1Oc1cc(C)c(N=CN)cc1Cl. The maximum atomic E-state index is 12.8. The van der Waals surface area contributed by atoms with Crippen molar-refractivity contribution >= 4 is 23.6 Å². The van der Waals surface area contributed by atoms with Crippen molar-refractivity contribution < 1.29 is 17.9 Å². The van der Waals surface area contributed by atoms with E-state index in [1.165, 1.54) is 6.07 Å². The molecule has 0 fully saturated rings. The summed E-state index contributed by atoms with van der Waals surface area (Å²) in [5.74, 6) is 0.166. The number of hydrogen-bond acceptors (Lipinski definition) is 3. The standard InChI is InChI=1S/C14H14ClF3N4O/c1-3-22-13(6-12(21-22)14(16,17)18)23-11-4-8(2)10(20-7-19)5-9(11)15/h4-7H,3H2,1-2H3,(H2,19,20). The van der Waals surface area contributed by atoms with Gasteiger partial charge in [-0.2, -0.15) is 18.3 Å². The van der Waals surface area contributed by atoms with Gasteiger partial charge in [-0.25, -0.2) is 9.67 Å². The molecule has 0 radical (unpaired) electrons. The maximum Gasteiger partial charge on any atom is 0.435 e. The summed E-state index contributed by atoms with van der Waals surface area (Å²) in [4.78, 5) is 3.93. The molecule has 2 aromatic rings. The molecule has 1 aromatic carbocycles. The Morgan fingerprint density at radius 1 is 1.39 bits per heavy atom. The highest BCUT2D eigenvalue weighted by molar-refractivity contribution is 6.32. The van der Waals surface area contributed by atoms with Gasteiger partial charge >= 0.3 is 6.18 Å². The highest BCUT2D eigenvalue weighted by Crippen LogP contribution is 2.37. The molecule has 9 heteroatoms. The lowest BCUT2D eigenvalue weighted by molar-refractivity contribution is -0.141. The molecule has 0 saturated carbocycles. The highest BCUT2D eigenvalue weighted by Gasteiger charge is 2.35. The van der Waals surface area contributed by atoms with Gasteiger partial charge in [-0.3, -0.25) is 0 Å². The van der Waals surface area contributed by atoms with Crippen LogP contribution in [0.2, 0.25) is 5.02 Å². The third kappa shape index (κ3) is 3.76. The summed E-state index contributed by atoms with van der Waals surface area (Å²) in [5, 5.41) is 3.68. The maximum absolute atomic E-state index is 12.8. The Bertz CT molecular complexity index is 740. The fourth-order valence-electron chi connectivity index (χ4n) is 1.90. The van der Waals surface area contributed by atoms with E-state index in [1.807, 2.05) is 0 Å². The van der Waals surface area contributed by atoms with Crippen molar-refractivity contribution in [3.05, 3.63) is 34.5 Å². The molecule has 2 N–H and O–H groups in total. The molecule has 0 amide bonds. The van der Waals surface area contributed by atoms with Gasteiger partial charge in [0.15, 0.2) is 5.69 Å². The van der Waals surface area contributed by atoms with Gasteiger partial charge in [-0.15, -0.1) is 0 Å². The van der Waals surface area contributed by atoms with Crippen LogP contribution in [-0.4, -0.2) is 16.1 Å². The van der Waals surface area contributed by atoms with E-state index in [2.05, 4.69) is 10.1 Å². The molecule has 0 spiro atoms. The average molecular weight is 347 g/mol. The molecular formula is C14H14ClF3N4O. The smallest absolute Gasteiger partial charge is 0.435 e. The molecule has 1 heterocycles. The van der Waals surface area contributed by atoms with E-state index in [0.717, 1.165) is 17.1 Å². The zero-order valence-electron chi connectivity index (χ0n) is 12.4. The fraction of sp³-hybridized carbons (Fsp3) is 0.286. The average Bonchev–Trinajstić information content (AvgIpc) is 2.87. The number of rotatable bonds is 4. The van der Waals surface area contributed by atoms with Crippen LogP contribution in [0.25, 0.3) is 0 Å².